The molecule has 0 aromatic heterocycles. The first-order valence-electron chi connectivity index (χ1n) is 7.19. The molecule has 0 heterocycles. The van der Waals surface area contributed by atoms with Crippen molar-refractivity contribution < 1.29 is 20.1 Å². The van der Waals surface area contributed by atoms with E-state index in [-0.39, 0.29) is 38.5 Å². The Morgan fingerprint density at radius 3 is 2.17 bits per heavy atom. The minimum atomic E-state index is -0.543. The van der Waals surface area contributed by atoms with E-state index in [1.807, 2.05) is 18.2 Å². The molecule has 0 bridgehead atoms. The molecule has 0 fully saturated rings. The van der Waals surface area contributed by atoms with Crippen molar-refractivity contribution in [1.29, 1.82) is 5.26 Å². The van der Waals surface area contributed by atoms with E-state index in [1.54, 1.807) is 12.1 Å². The van der Waals surface area contributed by atoms with Crippen LogP contribution in [0.5, 0.6) is 0 Å². The third-order valence-electron chi connectivity index (χ3n) is 3.14. The predicted molar refractivity (Wildman–Crippen MR) is 83.7 cm³/mol. The van der Waals surface area contributed by atoms with Crippen LogP contribution in [0, 0.1) is 11.3 Å². The molecule has 23 heavy (non-hydrogen) atoms. The van der Waals surface area contributed by atoms with E-state index in [9.17, 15) is 4.79 Å². The van der Waals surface area contributed by atoms with Gasteiger partial charge in [-0.05, 0) is 11.1 Å². The smallest absolute Gasteiger partial charge is 0.266 e. The number of nitrogens with one attached hydrogen (secondary N) is 1. The van der Waals surface area contributed by atoms with Crippen molar-refractivity contribution in [2.45, 2.75) is 13.2 Å². The first-order valence-corrected chi connectivity index (χ1v) is 7.19. The molecule has 0 saturated heterocycles. The molecule has 0 aliphatic carbocycles. The van der Waals surface area contributed by atoms with Gasteiger partial charge in [0.05, 0.1) is 19.8 Å². The van der Waals surface area contributed by atoms with Gasteiger partial charge in [0.15, 0.2) is 0 Å². The Labute approximate surface area is 135 Å². The monoisotopic (exact) mass is 319 g/mol. The number of aliphatic hydroxyl groups is 3. The topological polar surface area (TPSA) is 117 Å². The second-order valence-electron chi connectivity index (χ2n) is 4.76. The fourth-order valence-corrected chi connectivity index (χ4v) is 1.90. The Kier molecular flexibility index (Phi) is 8.39. The van der Waals surface area contributed by atoms with E-state index < -0.39 is 5.91 Å². The van der Waals surface area contributed by atoms with Gasteiger partial charge in [-0.2, -0.15) is 5.26 Å². The van der Waals surface area contributed by atoms with Crippen molar-refractivity contribution in [3.63, 3.8) is 0 Å². The number of benzene rings is 1. The standard InChI is InChI=1S/C16H21N3O4/c17-9-15(16(23)19(5-7-20)6-8-21)11-18-10-13-1-3-14(12-22)4-2-13/h1-4,11,18,20-22H,5-8,10,12H2/b15-11-. The summed E-state index contributed by atoms with van der Waals surface area (Å²) < 4.78 is 0. The number of hydrogen-bond donors (Lipinski definition) is 4. The molecule has 0 saturated carbocycles. The maximum absolute atomic E-state index is 12.1. The molecule has 4 N–H and O–H groups in total. The Hall–Kier alpha value is -2.40. The van der Waals surface area contributed by atoms with Crippen LogP contribution in [-0.4, -0.2) is 52.4 Å². The summed E-state index contributed by atoms with van der Waals surface area (Å²) in [6, 6.07) is 9.08. The van der Waals surface area contributed by atoms with Gasteiger partial charge in [-0.3, -0.25) is 4.79 Å². The molecule has 0 atom stereocenters. The molecule has 124 valence electrons. The number of rotatable bonds is 9. The SMILES string of the molecule is N#C/C(=C/NCc1ccc(CO)cc1)C(=O)N(CCO)CCO. The van der Waals surface area contributed by atoms with Gasteiger partial charge in [-0.25, -0.2) is 0 Å². The van der Waals surface area contributed by atoms with Gasteiger partial charge in [0.2, 0.25) is 0 Å². The van der Waals surface area contributed by atoms with Gasteiger partial charge in [0.25, 0.3) is 5.91 Å². The fourth-order valence-electron chi connectivity index (χ4n) is 1.90. The quantitative estimate of drug-likeness (QED) is 0.360. The number of carbonyl (C=O) groups excluding carboxylic acids is 1. The first kappa shape index (κ1) is 18.6. The number of aliphatic hydroxyl groups excluding tert-OH is 3. The zero-order valence-corrected chi connectivity index (χ0v) is 12.8. The van der Waals surface area contributed by atoms with Crippen LogP contribution in [0.15, 0.2) is 36.0 Å². The average Bonchev–Trinajstić information content (AvgIpc) is 2.58. The van der Waals surface area contributed by atoms with Crippen LogP contribution < -0.4 is 5.32 Å². The van der Waals surface area contributed by atoms with Crippen LogP contribution in [-0.2, 0) is 17.9 Å². The van der Waals surface area contributed by atoms with Crippen LogP contribution in [0.3, 0.4) is 0 Å². The molecule has 7 heteroatoms. The van der Waals surface area contributed by atoms with Gasteiger partial charge in [0, 0.05) is 25.8 Å². The molecule has 0 spiro atoms. The minimum Gasteiger partial charge on any atom is -0.395 e. The van der Waals surface area contributed by atoms with E-state index in [1.165, 1.54) is 11.1 Å². The Bertz CT molecular complexity index is 558. The number of amides is 1. The highest BCUT2D eigenvalue weighted by Crippen LogP contribution is 2.05. The highest BCUT2D eigenvalue weighted by atomic mass is 16.3. The summed E-state index contributed by atoms with van der Waals surface area (Å²) >= 11 is 0. The number of nitriles is 1. The number of carbonyl (C=O) groups is 1. The molecule has 1 aromatic carbocycles. The third-order valence-corrected chi connectivity index (χ3v) is 3.14. The Morgan fingerprint density at radius 1 is 1.13 bits per heavy atom. The van der Waals surface area contributed by atoms with Gasteiger partial charge in [-0.1, -0.05) is 24.3 Å². The van der Waals surface area contributed by atoms with Crippen LogP contribution in [0.1, 0.15) is 11.1 Å². The molecule has 1 rings (SSSR count). The van der Waals surface area contributed by atoms with Crippen molar-refractivity contribution in [3.8, 4) is 6.07 Å². The largest absolute Gasteiger partial charge is 0.395 e. The molecular formula is C16H21N3O4. The maximum Gasteiger partial charge on any atom is 0.266 e. The zero-order valence-electron chi connectivity index (χ0n) is 12.8. The van der Waals surface area contributed by atoms with Crippen LogP contribution in [0.2, 0.25) is 0 Å². The molecule has 7 nitrogen and oxygen atoms in total. The van der Waals surface area contributed by atoms with Crippen LogP contribution >= 0.6 is 0 Å². The van der Waals surface area contributed by atoms with E-state index in [4.69, 9.17) is 20.6 Å². The number of hydrogen-bond acceptors (Lipinski definition) is 6. The van der Waals surface area contributed by atoms with Gasteiger partial charge < -0.3 is 25.5 Å². The van der Waals surface area contributed by atoms with Gasteiger partial charge in [0.1, 0.15) is 11.6 Å². The summed E-state index contributed by atoms with van der Waals surface area (Å²) in [6.45, 7) is 0.0304. The lowest BCUT2D eigenvalue weighted by Gasteiger charge is -2.20. The molecule has 0 aliphatic heterocycles. The van der Waals surface area contributed by atoms with E-state index in [0.29, 0.717) is 6.54 Å². The second-order valence-corrected chi connectivity index (χ2v) is 4.76. The summed E-state index contributed by atoms with van der Waals surface area (Å²) in [5.74, 6) is -0.543. The molecule has 1 aromatic rings. The highest BCUT2D eigenvalue weighted by Gasteiger charge is 2.17. The fraction of sp³-hybridized carbons (Fsp3) is 0.375. The van der Waals surface area contributed by atoms with Gasteiger partial charge in [-0.15, -0.1) is 0 Å². The zero-order chi connectivity index (χ0) is 17.1. The summed E-state index contributed by atoms with van der Waals surface area (Å²) in [5, 5.41) is 38.8. The minimum absolute atomic E-state index is 0.0216. The van der Waals surface area contributed by atoms with E-state index >= 15 is 0 Å². The normalized spacial score (nSPS) is 11.0. The summed E-state index contributed by atoms with van der Waals surface area (Å²) in [4.78, 5) is 13.3. The maximum atomic E-state index is 12.1. The lowest BCUT2D eigenvalue weighted by atomic mass is 10.1. The van der Waals surface area contributed by atoms with Crippen molar-refractivity contribution >= 4 is 5.91 Å². The van der Waals surface area contributed by atoms with Crippen molar-refractivity contribution in [2.75, 3.05) is 26.3 Å². The molecule has 1 amide bonds. The molecule has 0 radical (unpaired) electrons. The van der Waals surface area contributed by atoms with Crippen molar-refractivity contribution in [2.24, 2.45) is 0 Å². The van der Waals surface area contributed by atoms with Crippen molar-refractivity contribution in [1.82, 2.24) is 10.2 Å². The second kappa shape index (κ2) is 10.3. The molecular weight excluding hydrogens is 298 g/mol. The average molecular weight is 319 g/mol. The third kappa shape index (κ3) is 6.08. The van der Waals surface area contributed by atoms with Crippen LogP contribution in [0.4, 0.5) is 0 Å². The Balaban J connectivity index is 2.66. The summed E-state index contributed by atoms with van der Waals surface area (Å²) in [7, 11) is 0. The molecule has 0 unspecified atom stereocenters. The van der Waals surface area contributed by atoms with E-state index in [2.05, 4.69) is 5.32 Å². The highest BCUT2D eigenvalue weighted by molar-refractivity contribution is 5.97. The first-order chi connectivity index (χ1) is 11.2. The number of nitrogens with zero attached hydrogens (tertiary/aromatic N) is 2. The summed E-state index contributed by atoms with van der Waals surface area (Å²) in [5.41, 5.74) is 1.64. The summed E-state index contributed by atoms with van der Waals surface area (Å²) in [6.07, 6.45) is 1.32. The Morgan fingerprint density at radius 2 is 1.70 bits per heavy atom. The van der Waals surface area contributed by atoms with Crippen LogP contribution in [0.25, 0.3) is 0 Å². The molecule has 0 aliphatic rings. The van der Waals surface area contributed by atoms with E-state index in [0.717, 1.165) is 11.1 Å². The lowest BCUT2D eigenvalue weighted by molar-refractivity contribution is -0.127. The van der Waals surface area contributed by atoms with Gasteiger partial charge >= 0.3 is 0 Å². The predicted octanol–water partition coefficient (Wildman–Crippen LogP) is -0.511. The lowest BCUT2D eigenvalue weighted by Crippen LogP contribution is -2.37. The van der Waals surface area contributed by atoms with Crippen molar-refractivity contribution in [3.05, 3.63) is 47.2 Å².